The van der Waals surface area contributed by atoms with Crippen LogP contribution in [0.3, 0.4) is 0 Å². The lowest BCUT2D eigenvalue weighted by Gasteiger charge is -2.08. The maximum atomic E-state index is 4.71. The van der Waals surface area contributed by atoms with Gasteiger partial charge < -0.3 is 5.32 Å². The Labute approximate surface area is 100 Å². The average Bonchev–Trinajstić information content (AvgIpc) is 2.30. The summed E-state index contributed by atoms with van der Waals surface area (Å²) in [6.45, 7) is 3.03. The number of pyridine rings is 1. The molecule has 0 aliphatic heterocycles. The maximum absolute atomic E-state index is 4.71. The van der Waals surface area contributed by atoms with Crippen molar-refractivity contribution in [1.29, 1.82) is 0 Å². The van der Waals surface area contributed by atoms with Gasteiger partial charge in [0.1, 0.15) is 5.03 Å². The Morgan fingerprint density at radius 1 is 1.31 bits per heavy atom. The van der Waals surface area contributed by atoms with E-state index in [-0.39, 0.29) is 0 Å². The number of rotatable bonds is 4. The predicted octanol–water partition coefficient (Wildman–Crippen LogP) is 3.07. The minimum atomic E-state index is 0.875. The standard InChI is InChI=1S/C13H16N2S/c1-3-16-13-11(9-14-2)8-10-6-4-5-7-12(10)15-13/h4-8,14H,3,9H2,1-2H3. The molecular formula is C13H16N2S. The summed E-state index contributed by atoms with van der Waals surface area (Å²) in [6.07, 6.45) is 0. The normalized spacial score (nSPS) is 10.9. The molecule has 0 radical (unpaired) electrons. The fraction of sp³-hybridized carbons (Fsp3) is 0.308. The van der Waals surface area contributed by atoms with Crippen LogP contribution in [0.15, 0.2) is 35.4 Å². The van der Waals surface area contributed by atoms with Crippen molar-refractivity contribution >= 4 is 22.7 Å². The van der Waals surface area contributed by atoms with Crippen LogP contribution in [0.4, 0.5) is 0 Å². The van der Waals surface area contributed by atoms with E-state index in [2.05, 4.69) is 36.5 Å². The van der Waals surface area contributed by atoms with Crippen LogP contribution in [-0.4, -0.2) is 17.8 Å². The highest BCUT2D eigenvalue weighted by Gasteiger charge is 2.05. The van der Waals surface area contributed by atoms with Gasteiger partial charge in [-0.1, -0.05) is 25.1 Å². The molecule has 16 heavy (non-hydrogen) atoms. The predicted molar refractivity (Wildman–Crippen MR) is 70.9 cm³/mol. The van der Waals surface area contributed by atoms with Gasteiger partial charge in [-0.05, 0) is 30.5 Å². The van der Waals surface area contributed by atoms with Crippen molar-refractivity contribution in [3.8, 4) is 0 Å². The molecule has 1 aromatic heterocycles. The fourth-order valence-electron chi connectivity index (χ4n) is 1.72. The van der Waals surface area contributed by atoms with Crippen LogP contribution < -0.4 is 5.32 Å². The molecule has 2 rings (SSSR count). The topological polar surface area (TPSA) is 24.9 Å². The van der Waals surface area contributed by atoms with Crippen molar-refractivity contribution in [2.75, 3.05) is 12.8 Å². The van der Waals surface area contributed by atoms with Gasteiger partial charge in [0.2, 0.25) is 0 Å². The van der Waals surface area contributed by atoms with Crippen LogP contribution in [-0.2, 0) is 6.54 Å². The van der Waals surface area contributed by atoms with Crippen LogP contribution in [0, 0.1) is 0 Å². The van der Waals surface area contributed by atoms with Gasteiger partial charge in [-0.15, -0.1) is 11.8 Å². The van der Waals surface area contributed by atoms with Crippen LogP contribution in [0.2, 0.25) is 0 Å². The highest BCUT2D eigenvalue weighted by atomic mass is 32.2. The number of hydrogen-bond acceptors (Lipinski definition) is 3. The molecule has 1 N–H and O–H groups in total. The van der Waals surface area contributed by atoms with E-state index in [0.717, 1.165) is 22.8 Å². The molecular weight excluding hydrogens is 216 g/mol. The molecule has 0 fully saturated rings. The number of nitrogens with zero attached hydrogens (tertiary/aromatic N) is 1. The number of para-hydroxylation sites is 1. The van der Waals surface area contributed by atoms with Gasteiger partial charge in [0.05, 0.1) is 5.52 Å². The summed E-state index contributed by atoms with van der Waals surface area (Å²) in [7, 11) is 1.97. The fourth-order valence-corrected chi connectivity index (χ4v) is 2.47. The smallest absolute Gasteiger partial charge is 0.101 e. The molecule has 3 heteroatoms. The first-order valence-electron chi connectivity index (χ1n) is 5.51. The molecule has 0 bridgehead atoms. The lowest BCUT2D eigenvalue weighted by molar-refractivity contribution is 0.794. The van der Waals surface area contributed by atoms with Crippen LogP contribution in [0.1, 0.15) is 12.5 Å². The third kappa shape index (κ3) is 2.36. The number of nitrogens with one attached hydrogen (secondary N) is 1. The molecule has 1 heterocycles. The lowest BCUT2D eigenvalue weighted by atomic mass is 10.1. The summed E-state index contributed by atoms with van der Waals surface area (Å²) in [5.41, 5.74) is 2.37. The Balaban J connectivity index is 2.51. The first-order valence-corrected chi connectivity index (χ1v) is 6.49. The molecule has 0 aliphatic rings. The number of fused-ring (bicyclic) bond motifs is 1. The van der Waals surface area contributed by atoms with Crippen molar-refractivity contribution in [1.82, 2.24) is 10.3 Å². The van der Waals surface area contributed by atoms with Crippen molar-refractivity contribution in [3.05, 3.63) is 35.9 Å². The zero-order valence-electron chi connectivity index (χ0n) is 9.66. The van der Waals surface area contributed by atoms with E-state index in [1.165, 1.54) is 10.9 Å². The molecule has 0 aliphatic carbocycles. The summed E-state index contributed by atoms with van der Waals surface area (Å²) >= 11 is 1.81. The van der Waals surface area contributed by atoms with Crippen molar-refractivity contribution in [2.24, 2.45) is 0 Å². The largest absolute Gasteiger partial charge is 0.316 e. The van der Waals surface area contributed by atoms with E-state index < -0.39 is 0 Å². The van der Waals surface area contributed by atoms with Crippen LogP contribution in [0.5, 0.6) is 0 Å². The van der Waals surface area contributed by atoms with Crippen molar-refractivity contribution < 1.29 is 0 Å². The SMILES string of the molecule is CCSc1nc2ccccc2cc1CNC. The highest BCUT2D eigenvalue weighted by Crippen LogP contribution is 2.24. The van der Waals surface area contributed by atoms with Gasteiger partial charge in [0.25, 0.3) is 0 Å². The van der Waals surface area contributed by atoms with E-state index in [4.69, 9.17) is 4.98 Å². The van der Waals surface area contributed by atoms with Crippen molar-refractivity contribution in [3.63, 3.8) is 0 Å². The molecule has 84 valence electrons. The quantitative estimate of drug-likeness (QED) is 0.820. The number of benzene rings is 1. The third-order valence-corrected chi connectivity index (χ3v) is 3.33. The third-order valence-electron chi connectivity index (χ3n) is 2.41. The van der Waals surface area contributed by atoms with E-state index in [9.17, 15) is 0 Å². The molecule has 2 aromatic rings. The number of aromatic nitrogens is 1. The monoisotopic (exact) mass is 232 g/mol. The minimum absolute atomic E-state index is 0.875. The van der Waals surface area contributed by atoms with E-state index in [0.29, 0.717) is 0 Å². The Morgan fingerprint density at radius 2 is 2.12 bits per heavy atom. The van der Waals surface area contributed by atoms with Gasteiger partial charge in [-0.25, -0.2) is 4.98 Å². The van der Waals surface area contributed by atoms with Gasteiger partial charge >= 0.3 is 0 Å². The summed E-state index contributed by atoms with van der Waals surface area (Å²) in [5, 5.41) is 5.56. The zero-order valence-corrected chi connectivity index (χ0v) is 10.5. The number of hydrogen-bond donors (Lipinski definition) is 1. The molecule has 0 spiro atoms. The first kappa shape index (κ1) is 11.4. The summed E-state index contributed by atoms with van der Waals surface area (Å²) in [6, 6.07) is 10.5. The average molecular weight is 232 g/mol. The van der Waals surface area contributed by atoms with Gasteiger partial charge in [0.15, 0.2) is 0 Å². The van der Waals surface area contributed by atoms with E-state index in [1.807, 2.05) is 13.1 Å². The lowest BCUT2D eigenvalue weighted by Crippen LogP contribution is -2.07. The maximum Gasteiger partial charge on any atom is 0.101 e. The van der Waals surface area contributed by atoms with E-state index in [1.54, 1.807) is 11.8 Å². The molecule has 1 aromatic carbocycles. The molecule has 0 saturated carbocycles. The Bertz CT molecular complexity index is 438. The van der Waals surface area contributed by atoms with Gasteiger partial charge in [0, 0.05) is 11.9 Å². The zero-order chi connectivity index (χ0) is 11.4. The molecule has 2 nitrogen and oxygen atoms in total. The molecule has 0 unspecified atom stereocenters. The second-order valence-corrected chi connectivity index (χ2v) is 4.86. The number of thioether (sulfide) groups is 1. The summed E-state index contributed by atoms with van der Waals surface area (Å²) in [4.78, 5) is 4.71. The Hall–Kier alpha value is -1.06. The molecule has 0 amide bonds. The second kappa shape index (κ2) is 5.32. The minimum Gasteiger partial charge on any atom is -0.316 e. The van der Waals surface area contributed by atoms with Gasteiger partial charge in [-0.2, -0.15) is 0 Å². The van der Waals surface area contributed by atoms with Gasteiger partial charge in [-0.3, -0.25) is 0 Å². The molecule has 0 saturated heterocycles. The summed E-state index contributed by atoms with van der Waals surface area (Å²) < 4.78 is 0. The van der Waals surface area contributed by atoms with Crippen molar-refractivity contribution in [2.45, 2.75) is 18.5 Å². The summed E-state index contributed by atoms with van der Waals surface area (Å²) in [5.74, 6) is 1.06. The molecule has 0 atom stereocenters. The highest BCUT2D eigenvalue weighted by molar-refractivity contribution is 7.99. The first-order chi connectivity index (χ1) is 7.85. The van der Waals surface area contributed by atoms with Crippen LogP contribution in [0.25, 0.3) is 10.9 Å². The Kier molecular flexibility index (Phi) is 3.80. The van der Waals surface area contributed by atoms with E-state index >= 15 is 0 Å². The van der Waals surface area contributed by atoms with Crippen LogP contribution >= 0.6 is 11.8 Å². The second-order valence-electron chi connectivity index (χ2n) is 3.61. The Morgan fingerprint density at radius 3 is 2.88 bits per heavy atom.